The van der Waals surface area contributed by atoms with Crippen molar-refractivity contribution in [2.75, 3.05) is 13.2 Å². The summed E-state index contributed by atoms with van der Waals surface area (Å²) in [4.78, 5) is 38.1. The number of hydrogen-bond donors (Lipinski definition) is 0. The van der Waals surface area contributed by atoms with Crippen LogP contribution in [0, 0.1) is 0 Å². The third-order valence-corrected chi connectivity index (χ3v) is 13.3. The van der Waals surface area contributed by atoms with Crippen LogP contribution in [0.3, 0.4) is 0 Å². The first-order chi connectivity index (χ1) is 33.5. The maximum Gasteiger partial charge on any atom is 0.306 e. The van der Waals surface area contributed by atoms with Gasteiger partial charge >= 0.3 is 17.9 Å². The first-order valence-electron chi connectivity index (χ1n) is 30.0. The normalized spacial score (nSPS) is 12.2. The van der Waals surface area contributed by atoms with Gasteiger partial charge in [-0.1, -0.05) is 269 Å². The Hall–Kier alpha value is -2.37. The van der Waals surface area contributed by atoms with Crippen molar-refractivity contribution in [2.45, 2.75) is 329 Å². The second kappa shape index (κ2) is 57.2. The van der Waals surface area contributed by atoms with Gasteiger partial charge in [0.25, 0.3) is 0 Å². The van der Waals surface area contributed by atoms with Gasteiger partial charge in [-0.15, -0.1) is 0 Å². The van der Waals surface area contributed by atoms with Crippen molar-refractivity contribution in [3.8, 4) is 0 Å². The number of rotatable bonds is 55. The van der Waals surface area contributed by atoms with Crippen molar-refractivity contribution in [3.63, 3.8) is 0 Å². The molecule has 0 saturated carbocycles. The van der Waals surface area contributed by atoms with Crippen molar-refractivity contribution in [3.05, 3.63) is 36.5 Å². The highest BCUT2D eigenvalue weighted by Crippen LogP contribution is 2.17. The van der Waals surface area contributed by atoms with E-state index in [1.165, 1.54) is 205 Å². The van der Waals surface area contributed by atoms with Gasteiger partial charge in [-0.3, -0.25) is 14.4 Å². The standard InChI is InChI=1S/C62H114O6/c1-4-7-10-13-16-19-22-24-26-28-29-30-31-32-33-35-36-38-40-43-46-49-52-55-61(64)67-58-59(57-66-60(63)54-51-48-45-42-21-18-15-12-9-6-3)68-62(65)56-53-50-47-44-41-39-37-34-27-25-23-20-17-14-11-8-5-2/h12,15,22,24,28-29,59H,4-11,13-14,16-21,23,25-27,30-58H2,1-3H3/b15-12-,24-22-,29-28-. The largest absolute Gasteiger partial charge is 0.462 e. The van der Waals surface area contributed by atoms with E-state index in [9.17, 15) is 14.4 Å². The summed E-state index contributed by atoms with van der Waals surface area (Å²) in [5.41, 5.74) is 0. The number of carbonyl (C=O) groups excluding carboxylic acids is 3. The van der Waals surface area contributed by atoms with Crippen LogP contribution in [0.15, 0.2) is 36.5 Å². The lowest BCUT2D eigenvalue weighted by Crippen LogP contribution is -2.30. The number of hydrogen-bond acceptors (Lipinski definition) is 6. The van der Waals surface area contributed by atoms with Crippen LogP contribution in [-0.4, -0.2) is 37.2 Å². The van der Waals surface area contributed by atoms with Gasteiger partial charge in [-0.2, -0.15) is 0 Å². The molecule has 0 spiro atoms. The summed E-state index contributed by atoms with van der Waals surface area (Å²) < 4.78 is 16.9. The molecule has 0 aromatic rings. The maximum absolute atomic E-state index is 12.8. The van der Waals surface area contributed by atoms with Crippen molar-refractivity contribution in [2.24, 2.45) is 0 Å². The SMILES string of the molecule is CCC/C=C\CCCCCCCC(=O)OCC(COC(=O)CCCCCCCCCCCCC/C=C\C/C=C\CCCCCCC)OC(=O)CCCCCCCCCCCCCCCCCCC. The molecule has 0 rings (SSSR count). The molecule has 0 aliphatic carbocycles. The van der Waals surface area contributed by atoms with Gasteiger partial charge in [-0.05, 0) is 70.6 Å². The Kier molecular flexibility index (Phi) is 55.2. The Balaban J connectivity index is 4.22. The molecule has 0 aromatic carbocycles. The van der Waals surface area contributed by atoms with Gasteiger partial charge in [0.2, 0.25) is 0 Å². The molecule has 0 aliphatic heterocycles. The summed E-state index contributed by atoms with van der Waals surface area (Å²) in [6.07, 6.45) is 68.6. The molecule has 0 aliphatic rings. The molecular formula is C62H114O6. The van der Waals surface area contributed by atoms with Crippen LogP contribution in [-0.2, 0) is 28.6 Å². The molecule has 0 aromatic heterocycles. The highest BCUT2D eigenvalue weighted by Gasteiger charge is 2.19. The quantitative estimate of drug-likeness (QED) is 0.0262. The zero-order valence-electron chi connectivity index (χ0n) is 45.6. The topological polar surface area (TPSA) is 78.9 Å². The summed E-state index contributed by atoms with van der Waals surface area (Å²) in [6, 6.07) is 0. The van der Waals surface area contributed by atoms with E-state index in [4.69, 9.17) is 14.2 Å². The molecule has 6 nitrogen and oxygen atoms in total. The molecule has 398 valence electrons. The zero-order chi connectivity index (χ0) is 49.3. The minimum absolute atomic E-state index is 0.0722. The van der Waals surface area contributed by atoms with Crippen LogP contribution in [0.2, 0.25) is 0 Å². The van der Waals surface area contributed by atoms with E-state index in [0.717, 1.165) is 77.0 Å². The number of ether oxygens (including phenoxy) is 3. The van der Waals surface area contributed by atoms with E-state index in [1.54, 1.807) is 0 Å². The second-order valence-corrected chi connectivity index (χ2v) is 20.3. The van der Waals surface area contributed by atoms with Gasteiger partial charge in [0, 0.05) is 19.3 Å². The molecule has 0 amide bonds. The van der Waals surface area contributed by atoms with Gasteiger partial charge < -0.3 is 14.2 Å². The molecule has 0 saturated heterocycles. The van der Waals surface area contributed by atoms with Crippen LogP contribution in [0.1, 0.15) is 323 Å². The molecule has 0 N–H and O–H groups in total. The average molecular weight is 956 g/mol. The van der Waals surface area contributed by atoms with Crippen molar-refractivity contribution in [1.29, 1.82) is 0 Å². The van der Waals surface area contributed by atoms with Crippen LogP contribution >= 0.6 is 0 Å². The Bertz CT molecular complexity index is 1140. The van der Waals surface area contributed by atoms with Crippen LogP contribution in [0.4, 0.5) is 0 Å². The second-order valence-electron chi connectivity index (χ2n) is 20.3. The van der Waals surface area contributed by atoms with Crippen molar-refractivity contribution < 1.29 is 28.6 Å². The first kappa shape index (κ1) is 65.6. The minimum atomic E-state index is -0.772. The molecule has 0 heterocycles. The predicted molar refractivity (Wildman–Crippen MR) is 293 cm³/mol. The Morgan fingerprint density at radius 3 is 0.882 bits per heavy atom. The lowest BCUT2D eigenvalue weighted by Gasteiger charge is -2.18. The van der Waals surface area contributed by atoms with Gasteiger partial charge in [-0.25, -0.2) is 0 Å². The highest BCUT2D eigenvalue weighted by atomic mass is 16.6. The third kappa shape index (κ3) is 54.6. The summed E-state index contributed by atoms with van der Waals surface area (Å²) in [7, 11) is 0. The van der Waals surface area contributed by atoms with Crippen molar-refractivity contribution >= 4 is 17.9 Å². The number of carbonyl (C=O) groups is 3. The smallest absolute Gasteiger partial charge is 0.306 e. The van der Waals surface area contributed by atoms with E-state index in [1.807, 2.05) is 0 Å². The molecule has 1 unspecified atom stereocenters. The summed E-state index contributed by atoms with van der Waals surface area (Å²) in [5, 5.41) is 0. The van der Waals surface area contributed by atoms with E-state index >= 15 is 0 Å². The number of unbranched alkanes of at least 4 members (excludes halogenated alkanes) is 38. The van der Waals surface area contributed by atoms with E-state index in [0.29, 0.717) is 19.3 Å². The van der Waals surface area contributed by atoms with E-state index in [-0.39, 0.29) is 31.1 Å². The average Bonchev–Trinajstić information content (AvgIpc) is 3.34. The highest BCUT2D eigenvalue weighted by molar-refractivity contribution is 5.71. The number of allylic oxidation sites excluding steroid dienone is 6. The monoisotopic (exact) mass is 955 g/mol. The van der Waals surface area contributed by atoms with E-state index < -0.39 is 6.10 Å². The van der Waals surface area contributed by atoms with Crippen LogP contribution < -0.4 is 0 Å². The van der Waals surface area contributed by atoms with Gasteiger partial charge in [0.05, 0.1) is 0 Å². The number of esters is 3. The third-order valence-electron chi connectivity index (χ3n) is 13.3. The Labute approximate surface area is 423 Å². The van der Waals surface area contributed by atoms with Crippen molar-refractivity contribution in [1.82, 2.24) is 0 Å². The molecule has 0 bridgehead atoms. The zero-order valence-corrected chi connectivity index (χ0v) is 45.6. The fourth-order valence-electron chi connectivity index (χ4n) is 8.83. The molecule has 1 atom stereocenters. The fraction of sp³-hybridized carbons (Fsp3) is 0.855. The lowest BCUT2D eigenvalue weighted by molar-refractivity contribution is -0.167. The molecule has 6 heteroatoms. The summed E-state index contributed by atoms with van der Waals surface area (Å²) in [5.74, 6) is -0.867. The lowest BCUT2D eigenvalue weighted by atomic mass is 10.0. The molecule has 68 heavy (non-hydrogen) atoms. The maximum atomic E-state index is 12.8. The minimum Gasteiger partial charge on any atom is -0.462 e. The summed E-state index contributed by atoms with van der Waals surface area (Å²) >= 11 is 0. The summed E-state index contributed by atoms with van der Waals surface area (Å²) in [6.45, 7) is 6.60. The van der Waals surface area contributed by atoms with Crippen LogP contribution in [0.25, 0.3) is 0 Å². The fourth-order valence-corrected chi connectivity index (χ4v) is 8.83. The van der Waals surface area contributed by atoms with Gasteiger partial charge in [0.15, 0.2) is 6.10 Å². The predicted octanol–water partition coefficient (Wildman–Crippen LogP) is 20.0. The first-order valence-corrected chi connectivity index (χ1v) is 30.0. The van der Waals surface area contributed by atoms with Gasteiger partial charge in [0.1, 0.15) is 13.2 Å². The Morgan fingerprint density at radius 2 is 0.559 bits per heavy atom. The van der Waals surface area contributed by atoms with E-state index in [2.05, 4.69) is 57.2 Å². The molecule has 0 radical (unpaired) electrons. The molecule has 0 fully saturated rings. The Morgan fingerprint density at radius 1 is 0.294 bits per heavy atom. The molecular weight excluding hydrogens is 841 g/mol. The van der Waals surface area contributed by atoms with Crippen LogP contribution in [0.5, 0.6) is 0 Å².